The second-order valence-corrected chi connectivity index (χ2v) is 10.3. The summed E-state index contributed by atoms with van der Waals surface area (Å²) < 4.78 is 0. The van der Waals surface area contributed by atoms with Gasteiger partial charge in [0.15, 0.2) is 5.96 Å². The van der Waals surface area contributed by atoms with Gasteiger partial charge in [-0.15, -0.1) is 0 Å². The van der Waals surface area contributed by atoms with E-state index in [9.17, 15) is 19.2 Å². The lowest BCUT2D eigenvalue weighted by Gasteiger charge is -2.28. The van der Waals surface area contributed by atoms with Gasteiger partial charge in [-0.2, -0.15) is 0 Å². The first-order valence-corrected chi connectivity index (χ1v) is 13.4. The van der Waals surface area contributed by atoms with Crippen molar-refractivity contribution in [1.29, 1.82) is 5.41 Å². The number of amides is 4. The highest BCUT2D eigenvalue weighted by molar-refractivity contribution is 5.92. The molecule has 0 radical (unpaired) electrons. The van der Waals surface area contributed by atoms with E-state index in [0.717, 1.165) is 5.56 Å². The molecular weight excluding hydrogens is 498 g/mol. The third-order valence-corrected chi connectivity index (χ3v) is 5.87. The first kappa shape index (κ1) is 33.1. The lowest BCUT2D eigenvalue weighted by Crippen LogP contribution is -2.57. The number of hydrogen-bond donors (Lipinski definition) is 7. The van der Waals surface area contributed by atoms with Crippen LogP contribution in [0.3, 0.4) is 0 Å². The lowest BCUT2D eigenvalue weighted by atomic mass is 9.99. The fraction of sp³-hybridized carbons (Fsp3) is 0.536. The number of hydrogen-bond acceptors (Lipinski definition) is 5. The van der Waals surface area contributed by atoms with Crippen molar-refractivity contribution in [2.75, 3.05) is 13.1 Å². The van der Waals surface area contributed by atoms with Crippen molar-refractivity contribution in [3.05, 3.63) is 42.0 Å². The molecule has 0 spiro atoms. The summed E-state index contributed by atoms with van der Waals surface area (Å²) in [6, 6.07) is 7.44. The number of guanidine groups is 1. The van der Waals surface area contributed by atoms with Gasteiger partial charge in [-0.1, -0.05) is 58.0 Å². The molecule has 39 heavy (non-hydrogen) atoms. The van der Waals surface area contributed by atoms with Crippen LogP contribution in [0.4, 0.5) is 0 Å². The Balaban J connectivity index is 2.82. The Labute approximate surface area is 231 Å². The van der Waals surface area contributed by atoms with Crippen LogP contribution in [0.15, 0.2) is 36.4 Å². The van der Waals surface area contributed by atoms with E-state index >= 15 is 0 Å². The third kappa shape index (κ3) is 14.6. The van der Waals surface area contributed by atoms with Crippen molar-refractivity contribution in [3.63, 3.8) is 0 Å². The maximum Gasteiger partial charge on any atom is 0.244 e. The summed E-state index contributed by atoms with van der Waals surface area (Å²) in [5.41, 5.74) is 6.19. The number of carbonyl (C=O) groups is 4. The van der Waals surface area contributed by atoms with Crippen molar-refractivity contribution in [1.82, 2.24) is 26.6 Å². The molecule has 0 fully saturated rings. The average Bonchev–Trinajstić information content (AvgIpc) is 2.86. The summed E-state index contributed by atoms with van der Waals surface area (Å²) in [4.78, 5) is 50.4. The number of benzene rings is 1. The minimum atomic E-state index is -0.838. The van der Waals surface area contributed by atoms with E-state index in [2.05, 4.69) is 26.6 Å². The van der Waals surface area contributed by atoms with E-state index in [0.29, 0.717) is 25.8 Å². The zero-order valence-corrected chi connectivity index (χ0v) is 23.7. The fourth-order valence-electron chi connectivity index (χ4n) is 3.76. The van der Waals surface area contributed by atoms with Crippen molar-refractivity contribution in [3.8, 4) is 0 Å². The van der Waals surface area contributed by atoms with Gasteiger partial charge in [0.1, 0.15) is 12.1 Å². The Kier molecular flexibility index (Phi) is 14.9. The summed E-state index contributed by atoms with van der Waals surface area (Å²) in [5.74, 6) is -1.50. The van der Waals surface area contributed by atoms with Gasteiger partial charge in [0, 0.05) is 32.1 Å². The molecule has 0 heterocycles. The van der Waals surface area contributed by atoms with Crippen molar-refractivity contribution in [2.45, 2.75) is 72.0 Å². The Hall–Kier alpha value is -3.89. The fourth-order valence-corrected chi connectivity index (χ4v) is 3.76. The van der Waals surface area contributed by atoms with Crippen LogP contribution in [0.2, 0.25) is 0 Å². The van der Waals surface area contributed by atoms with Gasteiger partial charge < -0.3 is 32.3 Å². The molecule has 1 aromatic rings. The van der Waals surface area contributed by atoms with Gasteiger partial charge in [0.05, 0.1) is 0 Å². The van der Waals surface area contributed by atoms with Crippen LogP contribution in [0, 0.1) is 17.2 Å². The summed E-state index contributed by atoms with van der Waals surface area (Å²) in [6.45, 7) is 9.69. The molecule has 11 heteroatoms. The topological polar surface area (TPSA) is 178 Å². The van der Waals surface area contributed by atoms with Gasteiger partial charge in [-0.05, 0) is 42.7 Å². The molecular formula is C28H45N7O4. The molecule has 11 nitrogen and oxygen atoms in total. The number of carbonyl (C=O) groups excluding carboxylic acids is 4. The Morgan fingerprint density at radius 1 is 0.923 bits per heavy atom. The van der Waals surface area contributed by atoms with Crippen LogP contribution in [-0.4, -0.2) is 60.8 Å². The molecule has 8 N–H and O–H groups in total. The summed E-state index contributed by atoms with van der Waals surface area (Å²) in [6.07, 6.45) is 4.34. The van der Waals surface area contributed by atoms with Crippen LogP contribution < -0.4 is 32.3 Å². The van der Waals surface area contributed by atoms with Crippen LogP contribution in [0.25, 0.3) is 6.08 Å². The lowest BCUT2D eigenvalue weighted by molar-refractivity contribution is -0.132. The van der Waals surface area contributed by atoms with Crippen molar-refractivity contribution in [2.24, 2.45) is 17.6 Å². The molecule has 216 valence electrons. The minimum absolute atomic E-state index is 0.0173. The highest BCUT2D eigenvalue weighted by Crippen LogP contribution is 2.09. The SMILES string of the molecule is CC(=O)N[C@@H](CCCNC(=N)N)C(=O)N[C@@H](CC(C)C)C(=O)N[C@H](CNC(=O)/C=C/c1ccccc1)C(C)C. The molecule has 1 aromatic carbocycles. The smallest absolute Gasteiger partial charge is 0.244 e. The molecule has 3 atom stereocenters. The van der Waals surface area contributed by atoms with Crippen LogP contribution in [-0.2, 0) is 19.2 Å². The Morgan fingerprint density at radius 3 is 2.13 bits per heavy atom. The Bertz CT molecular complexity index is 979. The van der Waals surface area contributed by atoms with Crippen LogP contribution >= 0.6 is 0 Å². The van der Waals surface area contributed by atoms with E-state index in [1.54, 1.807) is 6.08 Å². The van der Waals surface area contributed by atoms with E-state index in [1.165, 1.54) is 13.0 Å². The predicted molar refractivity (Wildman–Crippen MR) is 153 cm³/mol. The van der Waals surface area contributed by atoms with E-state index in [1.807, 2.05) is 58.0 Å². The van der Waals surface area contributed by atoms with Gasteiger partial charge in [-0.3, -0.25) is 24.6 Å². The standard InChI is InChI=1S/C28H45N7O4/c1-18(2)16-23(34-26(38)22(33-20(5)36)12-9-15-31-28(29)30)27(39)35-24(19(3)4)17-32-25(37)14-13-21-10-7-6-8-11-21/h6-8,10-11,13-14,18-19,22-24H,9,12,15-17H2,1-5H3,(H,32,37)(H,33,36)(H,34,38)(H,35,39)(H4,29,30,31)/b14-13+/t22-,23-,24+/m0/s1. The minimum Gasteiger partial charge on any atom is -0.370 e. The highest BCUT2D eigenvalue weighted by Gasteiger charge is 2.28. The average molecular weight is 544 g/mol. The Morgan fingerprint density at radius 2 is 1.56 bits per heavy atom. The monoisotopic (exact) mass is 543 g/mol. The van der Waals surface area contributed by atoms with Crippen molar-refractivity contribution >= 4 is 35.7 Å². The van der Waals surface area contributed by atoms with Crippen LogP contribution in [0.5, 0.6) is 0 Å². The zero-order valence-electron chi connectivity index (χ0n) is 23.7. The molecule has 0 bridgehead atoms. The first-order chi connectivity index (χ1) is 18.4. The van der Waals surface area contributed by atoms with Gasteiger partial charge in [0.2, 0.25) is 23.6 Å². The molecule has 4 amide bonds. The van der Waals surface area contributed by atoms with Gasteiger partial charge in [0.25, 0.3) is 0 Å². The van der Waals surface area contributed by atoms with Gasteiger partial charge >= 0.3 is 0 Å². The molecule has 0 aliphatic heterocycles. The zero-order chi connectivity index (χ0) is 29.4. The third-order valence-electron chi connectivity index (χ3n) is 5.87. The molecule has 0 aliphatic rings. The van der Waals surface area contributed by atoms with E-state index < -0.39 is 18.0 Å². The van der Waals surface area contributed by atoms with E-state index in [-0.39, 0.29) is 48.1 Å². The molecule has 0 aliphatic carbocycles. The quantitative estimate of drug-likeness (QED) is 0.0714. The van der Waals surface area contributed by atoms with Crippen LogP contribution in [0.1, 0.15) is 59.4 Å². The maximum absolute atomic E-state index is 13.3. The molecule has 0 unspecified atom stereocenters. The van der Waals surface area contributed by atoms with Crippen molar-refractivity contribution < 1.29 is 19.2 Å². The maximum atomic E-state index is 13.3. The highest BCUT2D eigenvalue weighted by atomic mass is 16.2. The van der Waals surface area contributed by atoms with Gasteiger partial charge in [-0.25, -0.2) is 0 Å². The predicted octanol–water partition coefficient (Wildman–Crippen LogP) is 1.26. The second kappa shape index (κ2) is 17.6. The second-order valence-electron chi connectivity index (χ2n) is 10.3. The number of rotatable bonds is 16. The largest absolute Gasteiger partial charge is 0.370 e. The number of nitrogens with two attached hydrogens (primary N) is 1. The summed E-state index contributed by atoms with van der Waals surface area (Å²) in [7, 11) is 0. The first-order valence-electron chi connectivity index (χ1n) is 13.4. The molecule has 0 saturated heterocycles. The summed E-state index contributed by atoms with van der Waals surface area (Å²) in [5, 5.41) is 21.1. The summed E-state index contributed by atoms with van der Waals surface area (Å²) >= 11 is 0. The van der Waals surface area contributed by atoms with E-state index in [4.69, 9.17) is 11.1 Å². The number of nitrogens with one attached hydrogen (secondary N) is 6. The normalized spacial score (nSPS) is 13.4. The molecule has 0 saturated carbocycles. The molecule has 1 rings (SSSR count). The molecule has 0 aromatic heterocycles.